The molecule has 2 aromatic carbocycles. The van der Waals surface area contributed by atoms with E-state index in [-0.39, 0.29) is 0 Å². The van der Waals surface area contributed by atoms with Crippen LogP contribution in [0.15, 0.2) is 48.5 Å². The van der Waals surface area contributed by atoms with Crippen LogP contribution in [0, 0.1) is 13.8 Å². The van der Waals surface area contributed by atoms with Gasteiger partial charge in [-0.2, -0.15) is 4.68 Å². The molecule has 2 N–H and O–H groups in total. The average Bonchev–Trinajstić information content (AvgIpc) is 2.82. The first-order valence-electron chi connectivity index (χ1n) is 6.50. The van der Waals surface area contributed by atoms with Crippen molar-refractivity contribution in [3.63, 3.8) is 0 Å². The lowest BCUT2D eigenvalue weighted by Crippen LogP contribution is -2.02. The van der Waals surface area contributed by atoms with Crippen molar-refractivity contribution in [2.24, 2.45) is 0 Å². The highest BCUT2D eigenvalue weighted by Gasteiger charge is 2.12. The van der Waals surface area contributed by atoms with E-state index in [4.69, 9.17) is 5.73 Å². The molecule has 1 heterocycles. The fourth-order valence-corrected chi connectivity index (χ4v) is 2.16. The molecule has 0 radical (unpaired) electrons. The molecule has 0 atom stereocenters. The van der Waals surface area contributed by atoms with E-state index in [9.17, 15) is 0 Å². The second kappa shape index (κ2) is 4.81. The summed E-state index contributed by atoms with van der Waals surface area (Å²) in [6, 6.07) is 16.1. The molecule has 3 rings (SSSR count). The zero-order valence-corrected chi connectivity index (χ0v) is 11.5. The number of hydrogen-bond acceptors (Lipinski definition) is 3. The van der Waals surface area contributed by atoms with E-state index in [1.807, 2.05) is 55.5 Å². The lowest BCUT2D eigenvalue weighted by Gasteiger charge is -2.04. The van der Waals surface area contributed by atoms with Crippen LogP contribution in [0.25, 0.3) is 16.9 Å². The second-order valence-corrected chi connectivity index (χ2v) is 4.94. The minimum atomic E-state index is 0.555. The summed E-state index contributed by atoms with van der Waals surface area (Å²) in [4.78, 5) is 0. The Balaban J connectivity index is 2.07. The van der Waals surface area contributed by atoms with Crippen LogP contribution in [0.1, 0.15) is 11.1 Å². The lowest BCUT2D eigenvalue weighted by atomic mass is 10.1. The van der Waals surface area contributed by atoms with E-state index in [2.05, 4.69) is 17.2 Å². The summed E-state index contributed by atoms with van der Waals surface area (Å²) in [5.41, 5.74) is 11.2. The number of hydrogen-bond donors (Lipinski definition) is 1. The van der Waals surface area contributed by atoms with Gasteiger partial charge in [0.1, 0.15) is 5.69 Å². The highest BCUT2D eigenvalue weighted by atomic mass is 15.5. The summed E-state index contributed by atoms with van der Waals surface area (Å²) in [5.74, 6) is 0.555. The highest BCUT2D eigenvalue weighted by Crippen LogP contribution is 2.25. The topological polar surface area (TPSA) is 56.7 Å². The quantitative estimate of drug-likeness (QED) is 0.773. The number of anilines is 1. The van der Waals surface area contributed by atoms with Crippen LogP contribution in [0.2, 0.25) is 0 Å². The number of aryl methyl sites for hydroxylation is 2. The minimum Gasteiger partial charge on any atom is -0.382 e. The Bertz CT molecular complexity index is 741. The fourth-order valence-electron chi connectivity index (χ4n) is 2.16. The van der Waals surface area contributed by atoms with Crippen molar-refractivity contribution in [3.05, 3.63) is 59.7 Å². The van der Waals surface area contributed by atoms with Crippen LogP contribution >= 0.6 is 0 Å². The maximum Gasteiger partial charge on any atom is 0.155 e. The molecule has 0 amide bonds. The third-order valence-electron chi connectivity index (χ3n) is 3.28. The van der Waals surface area contributed by atoms with Gasteiger partial charge in [0.15, 0.2) is 5.82 Å². The fraction of sp³-hybridized carbons (Fsp3) is 0.125. The molecular weight excluding hydrogens is 248 g/mol. The van der Waals surface area contributed by atoms with E-state index < -0.39 is 0 Å². The van der Waals surface area contributed by atoms with Gasteiger partial charge in [0.2, 0.25) is 0 Å². The van der Waals surface area contributed by atoms with Crippen molar-refractivity contribution in [2.45, 2.75) is 13.8 Å². The second-order valence-electron chi connectivity index (χ2n) is 4.94. The third kappa shape index (κ3) is 2.16. The summed E-state index contributed by atoms with van der Waals surface area (Å²) in [6.45, 7) is 4.09. The molecule has 0 unspecified atom stereocenters. The van der Waals surface area contributed by atoms with E-state index in [1.165, 1.54) is 5.56 Å². The molecule has 3 aromatic rings. The van der Waals surface area contributed by atoms with Crippen LogP contribution in [0.5, 0.6) is 0 Å². The van der Waals surface area contributed by atoms with Crippen LogP contribution in [-0.4, -0.2) is 15.0 Å². The van der Waals surface area contributed by atoms with Gasteiger partial charge in [-0.25, -0.2) is 0 Å². The molecule has 0 aliphatic heterocycles. The van der Waals surface area contributed by atoms with E-state index >= 15 is 0 Å². The summed E-state index contributed by atoms with van der Waals surface area (Å²) in [5, 5.41) is 8.38. The van der Waals surface area contributed by atoms with Gasteiger partial charge in [0.25, 0.3) is 0 Å². The van der Waals surface area contributed by atoms with Gasteiger partial charge >= 0.3 is 0 Å². The smallest absolute Gasteiger partial charge is 0.155 e. The minimum absolute atomic E-state index is 0.555. The molecule has 4 nitrogen and oxygen atoms in total. The zero-order chi connectivity index (χ0) is 14.1. The lowest BCUT2D eigenvalue weighted by molar-refractivity contribution is 0.810. The van der Waals surface area contributed by atoms with Crippen LogP contribution < -0.4 is 5.73 Å². The van der Waals surface area contributed by atoms with Crippen molar-refractivity contribution in [1.29, 1.82) is 0 Å². The third-order valence-corrected chi connectivity index (χ3v) is 3.28. The molecule has 0 bridgehead atoms. The molecule has 0 saturated heterocycles. The predicted molar refractivity (Wildman–Crippen MR) is 80.7 cm³/mol. The molecule has 1 aromatic heterocycles. The summed E-state index contributed by atoms with van der Waals surface area (Å²) in [7, 11) is 0. The SMILES string of the molecule is Cc1ccc(-c2nnn(-c3cccc(C)c3)c2N)cc1. The first-order chi connectivity index (χ1) is 9.65. The Hall–Kier alpha value is -2.62. The van der Waals surface area contributed by atoms with Gasteiger partial charge in [-0.1, -0.05) is 47.2 Å². The molecule has 0 saturated carbocycles. The molecule has 100 valence electrons. The first kappa shape index (κ1) is 12.4. The van der Waals surface area contributed by atoms with Gasteiger partial charge in [-0.05, 0) is 31.5 Å². The van der Waals surface area contributed by atoms with Gasteiger partial charge in [0, 0.05) is 5.56 Å². The number of nitrogens with zero attached hydrogens (tertiary/aromatic N) is 3. The number of nitrogens with two attached hydrogens (primary N) is 1. The highest BCUT2D eigenvalue weighted by molar-refractivity contribution is 5.71. The molecule has 4 heteroatoms. The van der Waals surface area contributed by atoms with Crippen molar-refractivity contribution >= 4 is 5.82 Å². The number of nitrogen functional groups attached to an aromatic ring is 1. The average molecular weight is 264 g/mol. The van der Waals surface area contributed by atoms with Crippen molar-refractivity contribution in [2.75, 3.05) is 5.73 Å². The first-order valence-corrected chi connectivity index (χ1v) is 6.50. The van der Waals surface area contributed by atoms with E-state index in [0.717, 1.165) is 16.8 Å². The molecule has 0 aliphatic carbocycles. The number of benzene rings is 2. The van der Waals surface area contributed by atoms with Crippen LogP contribution in [-0.2, 0) is 0 Å². The van der Waals surface area contributed by atoms with Crippen molar-refractivity contribution in [3.8, 4) is 16.9 Å². The van der Waals surface area contributed by atoms with Crippen molar-refractivity contribution < 1.29 is 0 Å². The molecule has 0 spiro atoms. The Morgan fingerprint density at radius 2 is 1.70 bits per heavy atom. The van der Waals surface area contributed by atoms with Gasteiger partial charge in [0.05, 0.1) is 5.69 Å². The predicted octanol–water partition coefficient (Wildman–Crippen LogP) is 3.13. The largest absolute Gasteiger partial charge is 0.382 e. The summed E-state index contributed by atoms with van der Waals surface area (Å²) >= 11 is 0. The zero-order valence-electron chi connectivity index (χ0n) is 11.5. The Kier molecular flexibility index (Phi) is 2.99. The molecule has 20 heavy (non-hydrogen) atoms. The van der Waals surface area contributed by atoms with Crippen LogP contribution in [0.4, 0.5) is 5.82 Å². The summed E-state index contributed by atoms with van der Waals surface area (Å²) < 4.78 is 1.67. The Morgan fingerprint density at radius 3 is 2.40 bits per heavy atom. The molecular formula is C16H16N4. The normalized spacial score (nSPS) is 10.7. The van der Waals surface area contributed by atoms with E-state index in [0.29, 0.717) is 11.5 Å². The van der Waals surface area contributed by atoms with E-state index in [1.54, 1.807) is 4.68 Å². The number of aromatic nitrogens is 3. The monoisotopic (exact) mass is 264 g/mol. The Morgan fingerprint density at radius 1 is 0.950 bits per heavy atom. The van der Waals surface area contributed by atoms with Gasteiger partial charge < -0.3 is 5.73 Å². The van der Waals surface area contributed by atoms with Gasteiger partial charge in [-0.15, -0.1) is 5.10 Å². The maximum atomic E-state index is 6.19. The van der Waals surface area contributed by atoms with Gasteiger partial charge in [-0.3, -0.25) is 0 Å². The number of rotatable bonds is 2. The molecule has 0 fully saturated rings. The van der Waals surface area contributed by atoms with Crippen LogP contribution in [0.3, 0.4) is 0 Å². The standard InChI is InChI=1S/C16H16N4/c1-11-6-8-13(9-7-11)15-16(17)20(19-18-15)14-5-3-4-12(2)10-14/h3-10H,17H2,1-2H3. The summed E-state index contributed by atoms with van der Waals surface area (Å²) in [6.07, 6.45) is 0. The maximum absolute atomic E-state index is 6.19. The van der Waals surface area contributed by atoms with Crippen molar-refractivity contribution in [1.82, 2.24) is 15.0 Å². The molecule has 0 aliphatic rings. The Labute approximate surface area is 117 Å².